The van der Waals surface area contributed by atoms with Crippen molar-refractivity contribution in [2.45, 2.75) is 17.6 Å². The molecule has 0 bridgehead atoms. The summed E-state index contributed by atoms with van der Waals surface area (Å²) >= 11 is 3.25. The van der Waals surface area contributed by atoms with Crippen LogP contribution in [0.2, 0.25) is 0 Å². The van der Waals surface area contributed by atoms with Crippen LogP contribution in [0.5, 0.6) is 0 Å². The Kier molecular flexibility index (Phi) is 5.10. The number of amides is 1. The van der Waals surface area contributed by atoms with E-state index in [0.717, 1.165) is 21.2 Å². The Labute approximate surface area is 143 Å². The van der Waals surface area contributed by atoms with Crippen LogP contribution in [0.15, 0.2) is 65.8 Å². The summed E-state index contributed by atoms with van der Waals surface area (Å²) in [4.78, 5) is 19.3. The topological polar surface area (TPSA) is 42.0 Å². The SMILES string of the molecule is Cc1ccc(C(=O)Nc2ccc(SCc3cccnc3)cc2)s1. The highest BCUT2D eigenvalue weighted by Crippen LogP contribution is 2.24. The molecule has 3 rings (SSSR count). The molecule has 0 fully saturated rings. The van der Waals surface area contributed by atoms with Crippen LogP contribution in [-0.4, -0.2) is 10.9 Å². The molecule has 0 spiro atoms. The summed E-state index contributed by atoms with van der Waals surface area (Å²) in [5.41, 5.74) is 2.01. The summed E-state index contributed by atoms with van der Waals surface area (Å²) in [6, 6.07) is 15.7. The first-order chi connectivity index (χ1) is 11.2. The van der Waals surface area contributed by atoms with Crippen molar-refractivity contribution in [1.82, 2.24) is 4.98 Å². The largest absolute Gasteiger partial charge is 0.321 e. The molecule has 0 saturated heterocycles. The second-order valence-electron chi connectivity index (χ2n) is 5.04. The molecule has 0 aliphatic heterocycles. The number of hydrogen-bond donors (Lipinski definition) is 1. The molecule has 1 amide bonds. The van der Waals surface area contributed by atoms with E-state index in [0.29, 0.717) is 0 Å². The van der Waals surface area contributed by atoms with Crippen LogP contribution >= 0.6 is 23.1 Å². The number of hydrogen-bond acceptors (Lipinski definition) is 4. The van der Waals surface area contributed by atoms with Crippen LogP contribution in [0.4, 0.5) is 5.69 Å². The second-order valence-corrected chi connectivity index (χ2v) is 7.38. The first-order valence-electron chi connectivity index (χ1n) is 7.20. The molecule has 2 aromatic heterocycles. The number of thiophene rings is 1. The van der Waals surface area contributed by atoms with Crippen molar-refractivity contribution < 1.29 is 4.79 Å². The van der Waals surface area contributed by atoms with Gasteiger partial charge in [-0.3, -0.25) is 9.78 Å². The summed E-state index contributed by atoms with van der Waals surface area (Å²) < 4.78 is 0. The van der Waals surface area contributed by atoms with Gasteiger partial charge in [-0.25, -0.2) is 0 Å². The number of nitrogens with one attached hydrogen (secondary N) is 1. The first-order valence-corrected chi connectivity index (χ1v) is 9.00. The normalized spacial score (nSPS) is 10.5. The summed E-state index contributed by atoms with van der Waals surface area (Å²) in [6.07, 6.45) is 3.66. The third kappa shape index (κ3) is 4.43. The summed E-state index contributed by atoms with van der Waals surface area (Å²) in [7, 11) is 0. The fraction of sp³-hybridized carbons (Fsp3) is 0.111. The van der Waals surface area contributed by atoms with E-state index in [-0.39, 0.29) is 5.91 Å². The lowest BCUT2D eigenvalue weighted by atomic mass is 10.3. The van der Waals surface area contributed by atoms with Gasteiger partial charge >= 0.3 is 0 Å². The number of pyridine rings is 1. The van der Waals surface area contributed by atoms with E-state index in [1.807, 2.05) is 55.6 Å². The van der Waals surface area contributed by atoms with Crippen molar-refractivity contribution in [3.8, 4) is 0 Å². The lowest BCUT2D eigenvalue weighted by molar-refractivity contribution is 0.103. The average molecular weight is 340 g/mol. The lowest BCUT2D eigenvalue weighted by Crippen LogP contribution is -2.09. The molecule has 5 heteroatoms. The number of benzene rings is 1. The Morgan fingerprint density at radius 2 is 2.00 bits per heavy atom. The van der Waals surface area contributed by atoms with Gasteiger partial charge in [0, 0.05) is 33.6 Å². The van der Waals surface area contributed by atoms with Gasteiger partial charge in [-0.15, -0.1) is 23.1 Å². The van der Waals surface area contributed by atoms with Crippen molar-refractivity contribution >= 4 is 34.7 Å². The monoisotopic (exact) mass is 340 g/mol. The van der Waals surface area contributed by atoms with E-state index < -0.39 is 0 Å². The Morgan fingerprint density at radius 1 is 1.17 bits per heavy atom. The first kappa shape index (κ1) is 15.8. The lowest BCUT2D eigenvalue weighted by Gasteiger charge is -2.06. The second kappa shape index (κ2) is 7.44. The number of nitrogens with zero attached hydrogens (tertiary/aromatic N) is 1. The van der Waals surface area contributed by atoms with Gasteiger partial charge < -0.3 is 5.32 Å². The zero-order chi connectivity index (χ0) is 16.1. The number of aromatic nitrogens is 1. The Hall–Kier alpha value is -2.11. The van der Waals surface area contributed by atoms with Gasteiger partial charge in [0.15, 0.2) is 0 Å². The van der Waals surface area contributed by atoms with Crippen LogP contribution in [0.3, 0.4) is 0 Å². The molecule has 2 heterocycles. The predicted octanol–water partition coefficient (Wildman–Crippen LogP) is 5.00. The number of thioether (sulfide) groups is 1. The molecular weight excluding hydrogens is 324 g/mol. The fourth-order valence-corrected chi connectivity index (χ4v) is 3.63. The van der Waals surface area contributed by atoms with Gasteiger partial charge in [0.05, 0.1) is 4.88 Å². The van der Waals surface area contributed by atoms with Crippen molar-refractivity contribution in [3.63, 3.8) is 0 Å². The van der Waals surface area contributed by atoms with Crippen molar-refractivity contribution in [2.24, 2.45) is 0 Å². The van der Waals surface area contributed by atoms with Gasteiger partial charge in [0.1, 0.15) is 0 Å². The molecule has 0 radical (unpaired) electrons. The van der Waals surface area contributed by atoms with E-state index in [1.54, 1.807) is 18.0 Å². The molecule has 1 N–H and O–H groups in total. The smallest absolute Gasteiger partial charge is 0.265 e. The van der Waals surface area contributed by atoms with Crippen molar-refractivity contribution in [1.29, 1.82) is 0 Å². The number of rotatable bonds is 5. The van der Waals surface area contributed by atoms with Crippen LogP contribution in [-0.2, 0) is 5.75 Å². The predicted molar refractivity (Wildman–Crippen MR) is 97.2 cm³/mol. The van der Waals surface area contributed by atoms with Crippen LogP contribution < -0.4 is 5.32 Å². The molecule has 0 atom stereocenters. The molecular formula is C18H16N2OS2. The Bertz CT molecular complexity index is 782. The molecule has 23 heavy (non-hydrogen) atoms. The van der Waals surface area contributed by atoms with Crippen molar-refractivity contribution in [2.75, 3.05) is 5.32 Å². The number of carbonyl (C=O) groups is 1. The van der Waals surface area contributed by atoms with Gasteiger partial charge in [-0.1, -0.05) is 6.07 Å². The van der Waals surface area contributed by atoms with E-state index in [1.165, 1.54) is 21.8 Å². The van der Waals surface area contributed by atoms with Crippen LogP contribution in [0.1, 0.15) is 20.1 Å². The van der Waals surface area contributed by atoms with E-state index in [2.05, 4.69) is 16.4 Å². The standard InChI is InChI=1S/C18H16N2OS2/c1-13-4-9-17(23-13)18(21)20-15-5-7-16(8-6-15)22-12-14-3-2-10-19-11-14/h2-11H,12H2,1H3,(H,20,21). The van der Waals surface area contributed by atoms with Crippen LogP contribution in [0.25, 0.3) is 0 Å². The molecule has 1 aromatic carbocycles. The van der Waals surface area contributed by atoms with Gasteiger partial charge in [-0.2, -0.15) is 0 Å². The maximum Gasteiger partial charge on any atom is 0.265 e. The molecule has 0 aliphatic rings. The number of anilines is 1. The van der Waals surface area contributed by atoms with Crippen molar-refractivity contribution in [3.05, 3.63) is 76.2 Å². The average Bonchev–Trinajstić information content (AvgIpc) is 3.02. The highest BCUT2D eigenvalue weighted by molar-refractivity contribution is 7.98. The minimum Gasteiger partial charge on any atom is -0.321 e. The molecule has 0 unspecified atom stereocenters. The number of aryl methyl sites for hydroxylation is 1. The maximum absolute atomic E-state index is 12.1. The van der Waals surface area contributed by atoms with Gasteiger partial charge in [-0.05, 0) is 55.0 Å². The maximum atomic E-state index is 12.1. The quantitative estimate of drug-likeness (QED) is 0.665. The molecule has 3 nitrogen and oxygen atoms in total. The highest BCUT2D eigenvalue weighted by atomic mass is 32.2. The zero-order valence-corrected chi connectivity index (χ0v) is 14.3. The molecule has 3 aromatic rings. The van der Waals surface area contributed by atoms with Crippen LogP contribution in [0, 0.1) is 6.92 Å². The summed E-state index contributed by atoms with van der Waals surface area (Å²) in [6.45, 7) is 2.00. The molecule has 0 saturated carbocycles. The zero-order valence-electron chi connectivity index (χ0n) is 12.7. The molecule has 0 aliphatic carbocycles. The molecule has 116 valence electrons. The Balaban J connectivity index is 1.57. The van der Waals surface area contributed by atoms with E-state index in [4.69, 9.17) is 0 Å². The van der Waals surface area contributed by atoms with Gasteiger partial charge in [0.25, 0.3) is 5.91 Å². The minimum atomic E-state index is -0.0566. The summed E-state index contributed by atoms with van der Waals surface area (Å²) in [5.74, 6) is 0.826. The Morgan fingerprint density at radius 3 is 2.65 bits per heavy atom. The highest BCUT2D eigenvalue weighted by Gasteiger charge is 2.08. The fourth-order valence-electron chi connectivity index (χ4n) is 2.03. The summed E-state index contributed by atoms with van der Waals surface area (Å²) in [5, 5.41) is 2.92. The third-order valence-corrected chi connectivity index (χ3v) is 5.29. The number of carbonyl (C=O) groups excluding carboxylic acids is 1. The van der Waals surface area contributed by atoms with E-state index >= 15 is 0 Å². The minimum absolute atomic E-state index is 0.0566. The van der Waals surface area contributed by atoms with Gasteiger partial charge in [0.2, 0.25) is 0 Å². The third-order valence-electron chi connectivity index (χ3n) is 3.20. The van der Waals surface area contributed by atoms with E-state index in [9.17, 15) is 4.79 Å².